The Labute approximate surface area is 279 Å². The first-order chi connectivity index (χ1) is 20.7. The maximum absolute atomic E-state index is 12.0. The number of carbonyl (C=O) groups excluding carboxylic acids is 4. The molecule has 2 fully saturated rings. The fourth-order valence-corrected chi connectivity index (χ4v) is 3.91. The van der Waals surface area contributed by atoms with Crippen LogP contribution in [-0.4, -0.2) is 53.5 Å². The number of nitrogens with zero attached hydrogens (tertiary/aromatic N) is 1. The van der Waals surface area contributed by atoms with Crippen molar-refractivity contribution in [2.75, 3.05) is 13.2 Å². The SMILES string of the molecule is C=CCCC(=O)Cl.C=CCCC(=O)N1C(=O)OC[C@H]1Cc1ccccc1.O=C1N[C@H](Cc2ccccc2)CO1.[CH2-]CCC.[Li+]. The van der Waals surface area contributed by atoms with Gasteiger partial charge in [-0.2, -0.15) is 6.42 Å². The quantitative estimate of drug-likeness (QED) is 0.175. The molecule has 8 nitrogen and oxygen atoms in total. The van der Waals surface area contributed by atoms with Gasteiger partial charge in [-0.15, -0.1) is 13.2 Å². The van der Waals surface area contributed by atoms with Crippen LogP contribution in [-0.2, 0) is 31.9 Å². The molecule has 2 aromatic carbocycles. The van der Waals surface area contributed by atoms with E-state index in [1.807, 2.05) is 60.7 Å². The van der Waals surface area contributed by atoms with E-state index in [1.54, 1.807) is 12.2 Å². The number of benzene rings is 2. The molecule has 44 heavy (non-hydrogen) atoms. The molecule has 2 aromatic rings. The molecule has 0 unspecified atom stereocenters. The van der Waals surface area contributed by atoms with Crippen molar-refractivity contribution in [1.82, 2.24) is 10.2 Å². The number of imide groups is 1. The van der Waals surface area contributed by atoms with E-state index < -0.39 is 6.09 Å². The number of hydrogen-bond donors (Lipinski definition) is 1. The van der Waals surface area contributed by atoms with Crippen LogP contribution in [0.1, 0.15) is 56.6 Å². The zero-order valence-electron chi connectivity index (χ0n) is 26.0. The molecule has 3 amide bonds. The Kier molecular flexibility index (Phi) is 23.2. The van der Waals surface area contributed by atoms with Crippen LogP contribution < -0.4 is 24.2 Å². The van der Waals surface area contributed by atoms with E-state index in [0.29, 0.717) is 38.7 Å². The molecule has 0 aromatic heterocycles. The summed E-state index contributed by atoms with van der Waals surface area (Å²) in [5.74, 6) is -0.191. The van der Waals surface area contributed by atoms with E-state index >= 15 is 0 Å². The number of nitrogens with one attached hydrogen (secondary N) is 1. The Morgan fingerprint density at radius 2 is 1.45 bits per heavy atom. The van der Waals surface area contributed by atoms with Crippen molar-refractivity contribution in [3.8, 4) is 0 Å². The molecule has 2 aliphatic heterocycles. The van der Waals surface area contributed by atoms with Crippen LogP contribution in [0, 0.1) is 6.92 Å². The first kappa shape index (κ1) is 40.7. The van der Waals surface area contributed by atoms with E-state index in [1.165, 1.54) is 16.9 Å². The number of allylic oxidation sites excluding steroid dienone is 2. The molecule has 0 aliphatic carbocycles. The molecule has 234 valence electrons. The van der Waals surface area contributed by atoms with Gasteiger partial charge in [-0.05, 0) is 48.4 Å². The molecule has 4 rings (SSSR count). The number of unbranched alkanes of at least 4 members (excludes halogenated alkanes) is 1. The summed E-state index contributed by atoms with van der Waals surface area (Å²) in [7, 11) is 0. The molecule has 2 saturated heterocycles. The summed E-state index contributed by atoms with van der Waals surface area (Å²) in [5, 5.41) is 2.45. The molecule has 0 radical (unpaired) electrons. The number of halogens is 1. The van der Waals surface area contributed by atoms with E-state index in [2.05, 4.69) is 32.3 Å². The topological polar surface area (TPSA) is 102 Å². The Morgan fingerprint density at radius 1 is 0.932 bits per heavy atom. The number of ether oxygens (including phenoxy) is 2. The van der Waals surface area contributed by atoms with Crippen molar-refractivity contribution >= 4 is 34.9 Å². The van der Waals surface area contributed by atoms with E-state index in [4.69, 9.17) is 21.1 Å². The second-order valence-corrected chi connectivity index (χ2v) is 10.1. The summed E-state index contributed by atoms with van der Waals surface area (Å²) < 4.78 is 9.78. The fourth-order valence-electron chi connectivity index (χ4n) is 3.80. The predicted octanol–water partition coefficient (Wildman–Crippen LogP) is 4.22. The van der Waals surface area contributed by atoms with Gasteiger partial charge >= 0.3 is 31.0 Å². The Balaban J connectivity index is 0.000000640. The number of cyclic esters (lactones) is 2. The van der Waals surface area contributed by atoms with Gasteiger partial charge < -0.3 is 21.7 Å². The summed E-state index contributed by atoms with van der Waals surface area (Å²) in [6.07, 6.45) is 8.21. The third kappa shape index (κ3) is 17.7. The zero-order chi connectivity index (χ0) is 31.9. The fraction of sp³-hybridized carbons (Fsp3) is 0.382. The second-order valence-electron chi connectivity index (χ2n) is 9.68. The van der Waals surface area contributed by atoms with Crippen molar-refractivity contribution < 1.29 is 47.5 Å². The third-order valence-corrected chi connectivity index (χ3v) is 6.26. The van der Waals surface area contributed by atoms with Gasteiger partial charge in [0.1, 0.15) is 13.2 Å². The molecule has 2 heterocycles. The molecule has 2 aliphatic rings. The minimum absolute atomic E-state index is 0. The molecule has 0 bridgehead atoms. The molecular weight excluding hydrogens is 575 g/mol. The standard InChI is InChI=1S/C15H17NO3.C10H11NO2.C5H7ClO.C4H9.Li/c1-2-3-9-14(17)16-13(11-19-15(16)18)10-12-7-5-4-6-8-12;12-10-11-9(7-13-10)6-8-4-2-1-3-5-8;1-2-3-4-5(6)7;1-3-4-2;/h2,4-8,13H,1,3,9-11H2;1-5,9H,6-7H2,(H,11,12);2H,1,3-4H2;1,3-4H2,2H3;/q;;;-1;+1/t13-;9-;;;/m11.../s1. The number of carbonyl (C=O) groups is 4. The average Bonchev–Trinajstić information content (AvgIpc) is 3.60. The summed E-state index contributed by atoms with van der Waals surface area (Å²) >= 11 is 4.97. The molecule has 2 atom stereocenters. The van der Waals surface area contributed by atoms with E-state index in [-0.39, 0.29) is 54.8 Å². The number of hydrogen-bond acceptors (Lipinski definition) is 6. The van der Waals surface area contributed by atoms with E-state index in [0.717, 1.165) is 18.4 Å². The zero-order valence-corrected chi connectivity index (χ0v) is 26.8. The van der Waals surface area contributed by atoms with Gasteiger partial charge in [-0.1, -0.05) is 86.2 Å². The summed E-state index contributed by atoms with van der Waals surface area (Å²) in [4.78, 5) is 45.5. The summed E-state index contributed by atoms with van der Waals surface area (Å²) in [5.41, 5.74) is 2.31. The second kappa shape index (κ2) is 25.1. The van der Waals surface area contributed by atoms with Crippen LogP contribution >= 0.6 is 11.6 Å². The molecule has 10 heteroatoms. The maximum Gasteiger partial charge on any atom is 1.00 e. The van der Waals surface area contributed by atoms with Crippen LogP contribution in [0.15, 0.2) is 86.0 Å². The third-order valence-electron chi connectivity index (χ3n) is 6.07. The smallest absolute Gasteiger partial charge is 0.447 e. The first-order valence-corrected chi connectivity index (χ1v) is 14.8. The van der Waals surface area contributed by atoms with Crippen molar-refractivity contribution in [1.29, 1.82) is 0 Å². The minimum Gasteiger partial charge on any atom is -0.447 e. The largest absolute Gasteiger partial charge is 1.00 e. The Morgan fingerprint density at radius 3 is 1.89 bits per heavy atom. The monoisotopic (exact) mass is 618 g/mol. The number of alkyl carbamates (subject to hydrolysis) is 1. The minimum atomic E-state index is -0.532. The summed E-state index contributed by atoms with van der Waals surface area (Å²) in [6, 6.07) is 19.8. The Bertz CT molecular complexity index is 1130. The van der Waals surface area contributed by atoms with Gasteiger partial charge in [-0.25, -0.2) is 14.5 Å². The average molecular weight is 619 g/mol. The number of rotatable bonds is 11. The van der Waals surface area contributed by atoms with E-state index in [9.17, 15) is 19.2 Å². The Hall–Kier alpha value is -3.31. The molecule has 0 spiro atoms. The molecular formula is C34H44ClLiN2O6. The molecule has 1 N–H and O–H groups in total. The van der Waals surface area contributed by atoms with Crippen LogP contribution in [0.25, 0.3) is 0 Å². The van der Waals surface area contributed by atoms with Crippen molar-refractivity contribution in [2.45, 2.75) is 70.4 Å². The number of amides is 3. The van der Waals surface area contributed by atoms with Gasteiger partial charge in [0.15, 0.2) is 0 Å². The maximum atomic E-state index is 12.0. The molecule has 0 saturated carbocycles. The van der Waals surface area contributed by atoms with Crippen molar-refractivity contribution in [2.24, 2.45) is 0 Å². The predicted molar refractivity (Wildman–Crippen MR) is 171 cm³/mol. The first-order valence-electron chi connectivity index (χ1n) is 14.4. The van der Waals surface area contributed by atoms with Crippen LogP contribution in [0.5, 0.6) is 0 Å². The van der Waals surface area contributed by atoms with Gasteiger partial charge in [0.05, 0.1) is 12.1 Å². The van der Waals surface area contributed by atoms with Crippen LogP contribution in [0.2, 0.25) is 0 Å². The van der Waals surface area contributed by atoms with Crippen LogP contribution in [0.4, 0.5) is 9.59 Å². The van der Waals surface area contributed by atoms with Crippen molar-refractivity contribution in [3.05, 3.63) is 104 Å². The normalized spacial score (nSPS) is 16.0. The van der Waals surface area contributed by atoms with Gasteiger partial charge in [-0.3, -0.25) is 9.59 Å². The van der Waals surface area contributed by atoms with Gasteiger partial charge in [0.25, 0.3) is 0 Å². The van der Waals surface area contributed by atoms with Gasteiger partial charge in [0.2, 0.25) is 11.1 Å². The van der Waals surface area contributed by atoms with Crippen molar-refractivity contribution in [3.63, 3.8) is 0 Å². The van der Waals surface area contributed by atoms with Gasteiger partial charge in [0, 0.05) is 12.8 Å². The summed E-state index contributed by atoms with van der Waals surface area (Å²) in [6.45, 7) is 13.5. The van der Waals surface area contributed by atoms with Crippen LogP contribution in [0.3, 0.4) is 0 Å².